The highest BCUT2D eigenvalue weighted by atomic mass is 79.9. The molecule has 0 aliphatic carbocycles. The van der Waals surface area contributed by atoms with Gasteiger partial charge in [-0.3, -0.25) is 4.79 Å². The Labute approximate surface area is 126 Å². The summed E-state index contributed by atoms with van der Waals surface area (Å²) in [5.41, 5.74) is 1.01. The van der Waals surface area contributed by atoms with Gasteiger partial charge in [-0.05, 0) is 39.5 Å². The minimum atomic E-state index is -0.329. The fourth-order valence-electron chi connectivity index (χ4n) is 2.07. The number of hydrogen-bond acceptors (Lipinski definition) is 5. The minimum Gasteiger partial charge on any atom is -0.468 e. The first kappa shape index (κ1) is 15.1. The molecule has 0 bridgehead atoms. The molecule has 0 aromatic heterocycles. The fourth-order valence-corrected chi connectivity index (χ4v) is 2.67. The van der Waals surface area contributed by atoms with E-state index in [1.807, 2.05) is 26.0 Å². The van der Waals surface area contributed by atoms with Gasteiger partial charge in [-0.1, -0.05) is 13.8 Å². The zero-order valence-corrected chi connectivity index (χ0v) is 13.3. The molecule has 1 aliphatic rings. The van der Waals surface area contributed by atoms with Gasteiger partial charge >= 0.3 is 5.97 Å². The van der Waals surface area contributed by atoms with Crippen LogP contribution >= 0.6 is 15.9 Å². The topological polar surface area (TPSA) is 56.8 Å². The van der Waals surface area contributed by atoms with Crippen LogP contribution in [0.15, 0.2) is 16.6 Å². The molecule has 1 aromatic carbocycles. The summed E-state index contributed by atoms with van der Waals surface area (Å²) < 4.78 is 16.4. The molecule has 110 valence electrons. The van der Waals surface area contributed by atoms with E-state index in [0.29, 0.717) is 6.54 Å². The molecule has 0 saturated carbocycles. The first-order valence-electron chi connectivity index (χ1n) is 6.42. The first-order valence-corrected chi connectivity index (χ1v) is 7.21. The summed E-state index contributed by atoms with van der Waals surface area (Å²) in [4.78, 5) is 11.7. The lowest BCUT2D eigenvalue weighted by Crippen LogP contribution is -2.41. The molecule has 0 unspecified atom stereocenters. The molecule has 1 heterocycles. The number of benzene rings is 1. The Morgan fingerprint density at radius 1 is 1.45 bits per heavy atom. The highest BCUT2D eigenvalue weighted by Gasteiger charge is 2.23. The lowest BCUT2D eigenvalue weighted by molar-refractivity contribution is -0.144. The number of esters is 1. The van der Waals surface area contributed by atoms with Crippen molar-refractivity contribution in [3.8, 4) is 11.5 Å². The average Bonchev–Trinajstić information content (AvgIpc) is 2.87. The van der Waals surface area contributed by atoms with E-state index in [9.17, 15) is 4.79 Å². The van der Waals surface area contributed by atoms with E-state index in [0.717, 1.165) is 21.5 Å². The van der Waals surface area contributed by atoms with Crippen LogP contribution in [0.3, 0.4) is 0 Å². The van der Waals surface area contributed by atoms with Crippen LogP contribution in [0.25, 0.3) is 0 Å². The van der Waals surface area contributed by atoms with Gasteiger partial charge in [-0.2, -0.15) is 0 Å². The highest BCUT2D eigenvalue weighted by molar-refractivity contribution is 9.10. The summed E-state index contributed by atoms with van der Waals surface area (Å²) in [6.07, 6.45) is 0. The van der Waals surface area contributed by atoms with E-state index < -0.39 is 0 Å². The van der Waals surface area contributed by atoms with Gasteiger partial charge in [0.2, 0.25) is 6.79 Å². The number of carbonyl (C=O) groups excluding carboxylic acids is 1. The Kier molecular flexibility index (Phi) is 4.88. The lowest BCUT2D eigenvalue weighted by atomic mass is 10.0. The van der Waals surface area contributed by atoms with Gasteiger partial charge in [0.1, 0.15) is 6.04 Å². The molecule has 1 aliphatic heterocycles. The third-order valence-corrected chi connectivity index (χ3v) is 3.72. The number of hydrogen-bond donors (Lipinski definition) is 1. The summed E-state index contributed by atoms with van der Waals surface area (Å²) in [7, 11) is 1.40. The van der Waals surface area contributed by atoms with Crippen LogP contribution in [-0.2, 0) is 16.1 Å². The number of ether oxygens (including phenoxy) is 3. The number of halogens is 1. The third kappa shape index (κ3) is 3.24. The van der Waals surface area contributed by atoms with Gasteiger partial charge < -0.3 is 19.5 Å². The zero-order chi connectivity index (χ0) is 14.7. The maximum Gasteiger partial charge on any atom is 0.323 e. The molecule has 0 spiro atoms. The van der Waals surface area contributed by atoms with E-state index in [1.165, 1.54) is 7.11 Å². The van der Waals surface area contributed by atoms with Crippen LogP contribution in [-0.4, -0.2) is 25.9 Å². The molecule has 1 atom stereocenters. The quantitative estimate of drug-likeness (QED) is 0.832. The highest BCUT2D eigenvalue weighted by Crippen LogP contribution is 2.39. The molecule has 1 aromatic rings. The second kappa shape index (κ2) is 6.45. The molecule has 2 rings (SSSR count). The second-order valence-electron chi connectivity index (χ2n) is 4.94. The zero-order valence-electron chi connectivity index (χ0n) is 11.7. The van der Waals surface area contributed by atoms with Gasteiger partial charge in [0.05, 0.1) is 11.6 Å². The van der Waals surface area contributed by atoms with Crippen molar-refractivity contribution in [3.05, 3.63) is 22.2 Å². The van der Waals surface area contributed by atoms with Crippen LogP contribution in [0.2, 0.25) is 0 Å². The van der Waals surface area contributed by atoms with Gasteiger partial charge in [0.15, 0.2) is 11.5 Å². The second-order valence-corrected chi connectivity index (χ2v) is 5.79. The van der Waals surface area contributed by atoms with Crippen molar-refractivity contribution < 1.29 is 19.0 Å². The van der Waals surface area contributed by atoms with E-state index in [2.05, 4.69) is 21.2 Å². The van der Waals surface area contributed by atoms with Crippen LogP contribution in [0.4, 0.5) is 0 Å². The Bertz CT molecular complexity index is 504. The maximum absolute atomic E-state index is 11.7. The number of methoxy groups -OCH3 is 1. The van der Waals surface area contributed by atoms with E-state index in [-0.39, 0.29) is 24.7 Å². The summed E-state index contributed by atoms with van der Waals surface area (Å²) in [6, 6.07) is 3.54. The Morgan fingerprint density at radius 3 is 2.85 bits per heavy atom. The predicted octanol–water partition coefficient (Wildman–Crippen LogP) is 2.46. The van der Waals surface area contributed by atoms with Crippen molar-refractivity contribution >= 4 is 21.9 Å². The van der Waals surface area contributed by atoms with Crippen molar-refractivity contribution in [1.82, 2.24) is 5.32 Å². The molecule has 0 radical (unpaired) electrons. The van der Waals surface area contributed by atoms with E-state index >= 15 is 0 Å². The van der Waals surface area contributed by atoms with Gasteiger partial charge in [0.25, 0.3) is 0 Å². The SMILES string of the molecule is COC(=O)[C@@H](NCc1cc(Br)c2c(c1)OCO2)C(C)C. The van der Waals surface area contributed by atoms with Crippen molar-refractivity contribution in [1.29, 1.82) is 0 Å². The number of carbonyl (C=O) groups is 1. The maximum atomic E-state index is 11.7. The van der Waals surface area contributed by atoms with E-state index in [4.69, 9.17) is 14.2 Å². The third-order valence-electron chi connectivity index (χ3n) is 3.13. The first-order chi connectivity index (χ1) is 9.52. The fraction of sp³-hybridized carbons (Fsp3) is 0.500. The largest absolute Gasteiger partial charge is 0.468 e. The molecule has 1 N–H and O–H groups in total. The molecule has 20 heavy (non-hydrogen) atoms. The molecule has 0 amide bonds. The van der Waals surface area contributed by atoms with Gasteiger partial charge in [0, 0.05) is 6.54 Å². The molecule has 0 saturated heterocycles. The average molecular weight is 344 g/mol. The molecule has 5 nitrogen and oxygen atoms in total. The number of rotatable bonds is 5. The van der Waals surface area contributed by atoms with Gasteiger partial charge in [-0.25, -0.2) is 0 Å². The smallest absolute Gasteiger partial charge is 0.323 e. The summed E-state index contributed by atoms with van der Waals surface area (Å²) in [5, 5.41) is 3.21. The standard InChI is InChI=1S/C14H18BrNO4/c1-8(2)12(14(17)18-3)16-6-9-4-10(15)13-11(5-9)19-7-20-13/h4-5,8,12,16H,6-7H2,1-3H3/t12-/m0/s1. The predicted molar refractivity (Wildman–Crippen MR) is 77.7 cm³/mol. The normalized spacial score (nSPS) is 14.4. The summed E-state index contributed by atoms with van der Waals surface area (Å²) >= 11 is 3.45. The monoisotopic (exact) mass is 343 g/mol. The van der Waals surface area contributed by atoms with Gasteiger partial charge in [-0.15, -0.1) is 0 Å². The minimum absolute atomic E-state index is 0.153. The van der Waals surface area contributed by atoms with Crippen LogP contribution in [0.1, 0.15) is 19.4 Å². The van der Waals surface area contributed by atoms with E-state index in [1.54, 1.807) is 0 Å². The molecular formula is C14H18BrNO4. The Morgan fingerprint density at radius 2 is 2.20 bits per heavy atom. The van der Waals surface area contributed by atoms with Crippen LogP contribution < -0.4 is 14.8 Å². The Balaban J connectivity index is 2.07. The lowest BCUT2D eigenvalue weighted by Gasteiger charge is -2.20. The Hall–Kier alpha value is -1.27. The van der Waals surface area contributed by atoms with Crippen molar-refractivity contribution in [2.45, 2.75) is 26.4 Å². The number of nitrogens with one attached hydrogen (secondary N) is 1. The van der Waals surface area contributed by atoms with Crippen molar-refractivity contribution in [2.24, 2.45) is 5.92 Å². The number of fused-ring (bicyclic) bond motifs is 1. The summed E-state index contributed by atoms with van der Waals surface area (Å²) in [5.74, 6) is 1.34. The van der Waals surface area contributed by atoms with Crippen molar-refractivity contribution in [2.75, 3.05) is 13.9 Å². The van der Waals surface area contributed by atoms with Crippen molar-refractivity contribution in [3.63, 3.8) is 0 Å². The molecular weight excluding hydrogens is 326 g/mol. The van der Waals surface area contributed by atoms with Crippen LogP contribution in [0.5, 0.6) is 11.5 Å². The summed E-state index contributed by atoms with van der Waals surface area (Å²) in [6.45, 7) is 4.74. The molecule has 6 heteroatoms. The van der Waals surface area contributed by atoms with Crippen LogP contribution in [0, 0.1) is 5.92 Å². The molecule has 0 fully saturated rings.